The van der Waals surface area contributed by atoms with Crippen LogP contribution in [0.1, 0.15) is 18.6 Å². The average molecular weight is 239 g/mol. The fourth-order valence-corrected chi connectivity index (χ4v) is 2.18. The van der Waals surface area contributed by atoms with Gasteiger partial charge in [-0.15, -0.1) is 0 Å². The van der Waals surface area contributed by atoms with Crippen LogP contribution in [0.2, 0.25) is 0 Å². The van der Waals surface area contributed by atoms with Gasteiger partial charge in [0.05, 0.1) is 6.10 Å². The van der Waals surface area contributed by atoms with Gasteiger partial charge in [-0.1, -0.05) is 0 Å². The van der Waals surface area contributed by atoms with Crippen LogP contribution in [0.25, 0.3) is 0 Å². The first-order valence-corrected chi connectivity index (χ1v) is 5.49. The van der Waals surface area contributed by atoms with Gasteiger partial charge < -0.3 is 5.11 Å². The Morgan fingerprint density at radius 3 is 2.94 bits per heavy atom. The van der Waals surface area contributed by atoms with E-state index in [0.717, 1.165) is 4.90 Å². The van der Waals surface area contributed by atoms with Gasteiger partial charge in [0.25, 0.3) is 0 Å². The molecule has 84 valence electrons. The molecule has 0 spiro atoms. The van der Waals surface area contributed by atoms with Crippen molar-refractivity contribution in [3.05, 3.63) is 35.9 Å². The zero-order valence-electron chi connectivity index (χ0n) is 8.51. The topological polar surface area (TPSA) is 61.8 Å². The Morgan fingerprint density at radius 1 is 1.50 bits per heavy atom. The van der Waals surface area contributed by atoms with Crippen molar-refractivity contribution in [2.75, 3.05) is 0 Å². The minimum atomic E-state index is -0.721. The maximum Gasteiger partial charge on any atom is 0.188 e. The molecule has 6 heteroatoms. The van der Waals surface area contributed by atoms with Crippen LogP contribution in [0.3, 0.4) is 0 Å². The molecule has 1 aromatic heterocycles. The first kappa shape index (κ1) is 11.1. The van der Waals surface area contributed by atoms with E-state index in [1.807, 2.05) is 0 Å². The molecule has 4 nitrogen and oxygen atoms in total. The molecule has 0 fully saturated rings. The molecule has 0 saturated carbocycles. The molecule has 2 aromatic rings. The SMILES string of the molecule is CC(O)c1cc(F)ccc1Sc1ncn[nH]1. The van der Waals surface area contributed by atoms with Gasteiger partial charge in [-0.05, 0) is 42.4 Å². The van der Waals surface area contributed by atoms with Crippen molar-refractivity contribution in [1.82, 2.24) is 15.2 Å². The number of aromatic nitrogens is 3. The number of aromatic amines is 1. The quantitative estimate of drug-likeness (QED) is 0.861. The second-order valence-corrected chi connectivity index (χ2v) is 4.28. The summed E-state index contributed by atoms with van der Waals surface area (Å²) in [6.07, 6.45) is 0.676. The Labute approximate surface area is 95.9 Å². The van der Waals surface area contributed by atoms with Crippen LogP contribution in [0.5, 0.6) is 0 Å². The van der Waals surface area contributed by atoms with E-state index in [2.05, 4.69) is 15.2 Å². The number of aliphatic hydroxyl groups excluding tert-OH is 1. The van der Waals surface area contributed by atoms with Crippen LogP contribution in [0.15, 0.2) is 34.6 Å². The molecule has 1 unspecified atom stereocenters. The number of hydrogen-bond acceptors (Lipinski definition) is 4. The summed E-state index contributed by atoms with van der Waals surface area (Å²) in [5, 5.41) is 16.5. The first-order valence-electron chi connectivity index (χ1n) is 4.67. The highest BCUT2D eigenvalue weighted by Gasteiger charge is 2.11. The second kappa shape index (κ2) is 4.63. The van der Waals surface area contributed by atoms with Crippen LogP contribution < -0.4 is 0 Å². The summed E-state index contributed by atoms with van der Waals surface area (Å²) in [4.78, 5) is 4.71. The van der Waals surface area contributed by atoms with E-state index in [-0.39, 0.29) is 5.82 Å². The highest BCUT2D eigenvalue weighted by Crippen LogP contribution is 2.31. The molecular weight excluding hydrogens is 229 g/mol. The fraction of sp³-hybridized carbons (Fsp3) is 0.200. The molecule has 1 aromatic carbocycles. The molecule has 0 aliphatic heterocycles. The van der Waals surface area contributed by atoms with Crippen molar-refractivity contribution in [1.29, 1.82) is 0 Å². The molecule has 0 saturated heterocycles. The van der Waals surface area contributed by atoms with E-state index in [9.17, 15) is 9.50 Å². The zero-order valence-corrected chi connectivity index (χ0v) is 9.33. The summed E-state index contributed by atoms with van der Waals surface area (Å²) in [6, 6.07) is 4.29. The van der Waals surface area contributed by atoms with Gasteiger partial charge in [-0.2, -0.15) is 5.10 Å². The summed E-state index contributed by atoms with van der Waals surface area (Å²) in [5.74, 6) is -0.363. The Balaban J connectivity index is 2.33. The van der Waals surface area contributed by atoms with E-state index in [0.29, 0.717) is 10.7 Å². The summed E-state index contributed by atoms with van der Waals surface area (Å²) >= 11 is 1.30. The monoisotopic (exact) mass is 239 g/mol. The van der Waals surface area contributed by atoms with Crippen LogP contribution in [0.4, 0.5) is 4.39 Å². The standard InChI is InChI=1S/C10H10FN3OS/c1-6(15)8-4-7(11)2-3-9(8)16-10-12-5-13-14-10/h2-6,15H,1H3,(H,12,13,14). The Kier molecular flexibility index (Phi) is 3.21. The third-order valence-corrected chi connectivity index (χ3v) is 3.00. The van der Waals surface area contributed by atoms with Gasteiger partial charge in [0, 0.05) is 4.90 Å². The molecule has 0 radical (unpaired) electrons. The maximum absolute atomic E-state index is 13.0. The van der Waals surface area contributed by atoms with Gasteiger partial charge in [0.2, 0.25) is 0 Å². The predicted molar refractivity (Wildman–Crippen MR) is 57.5 cm³/mol. The second-order valence-electron chi connectivity index (χ2n) is 3.25. The largest absolute Gasteiger partial charge is 0.389 e. The van der Waals surface area contributed by atoms with Gasteiger partial charge in [-0.25, -0.2) is 9.37 Å². The van der Waals surface area contributed by atoms with Crippen LogP contribution in [0, 0.1) is 5.82 Å². The lowest BCUT2D eigenvalue weighted by molar-refractivity contribution is 0.196. The Bertz CT molecular complexity index is 473. The lowest BCUT2D eigenvalue weighted by Crippen LogP contribution is -1.95. The van der Waals surface area contributed by atoms with Gasteiger partial charge in [0.15, 0.2) is 5.16 Å². The Morgan fingerprint density at radius 2 is 2.31 bits per heavy atom. The summed E-state index contributed by atoms with van der Waals surface area (Å²) in [7, 11) is 0. The molecule has 2 rings (SSSR count). The molecule has 0 bridgehead atoms. The normalized spacial score (nSPS) is 12.7. The van der Waals surface area contributed by atoms with Crippen molar-refractivity contribution in [3.8, 4) is 0 Å². The van der Waals surface area contributed by atoms with E-state index in [4.69, 9.17) is 0 Å². The minimum absolute atomic E-state index is 0.363. The number of aliphatic hydroxyl groups is 1. The number of nitrogens with zero attached hydrogens (tertiary/aromatic N) is 2. The molecule has 1 heterocycles. The highest BCUT2D eigenvalue weighted by atomic mass is 32.2. The number of hydrogen-bond donors (Lipinski definition) is 2. The summed E-state index contributed by atoms with van der Waals surface area (Å²) < 4.78 is 13.0. The number of H-pyrrole nitrogens is 1. The molecule has 16 heavy (non-hydrogen) atoms. The number of benzene rings is 1. The number of rotatable bonds is 3. The van der Waals surface area contributed by atoms with Gasteiger partial charge >= 0.3 is 0 Å². The van der Waals surface area contributed by atoms with Gasteiger partial charge in [0.1, 0.15) is 12.1 Å². The van der Waals surface area contributed by atoms with Crippen molar-refractivity contribution >= 4 is 11.8 Å². The van der Waals surface area contributed by atoms with Gasteiger partial charge in [-0.3, -0.25) is 5.10 Å². The van der Waals surface area contributed by atoms with Crippen molar-refractivity contribution in [2.24, 2.45) is 0 Å². The molecule has 0 amide bonds. The average Bonchev–Trinajstić information content (AvgIpc) is 2.73. The summed E-state index contributed by atoms with van der Waals surface area (Å²) in [6.45, 7) is 1.60. The minimum Gasteiger partial charge on any atom is -0.389 e. The molecule has 0 aliphatic carbocycles. The number of nitrogens with one attached hydrogen (secondary N) is 1. The predicted octanol–water partition coefficient (Wildman–Crippen LogP) is 2.15. The van der Waals surface area contributed by atoms with Crippen LogP contribution in [-0.2, 0) is 0 Å². The van der Waals surface area contributed by atoms with E-state index >= 15 is 0 Å². The lowest BCUT2D eigenvalue weighted by Gasteiger charge is -2.10. The summed E-state index contributed by atoms with van der Waals surface area (Å²) in [5.41, 5.74) is 0.543. The third kappa shape index (κ3) is 2.40. The van der Waals surface area contributed by atoms with E-state index in [1.165, 1.54) is 30.2 Å². The first-order chi connectivity index (χ1) is 7.66. The Hall–Kier alpha value is -1.40. The highest BCUT2D eigenvalue weighted by molar-refractivity contribution is 7.99. The molecular formula is C10H10FN3OS. The zero-order chi connectivity index (χ0) is 11.5. The van der Waals surface area contributed by atoms with Crippen molar-refractivity contribution < 1.29 is 9.50 Å². The van der Waals surface area contributed by atoms with Crippen molar-refractivity contribution in [3.63, 3.8) is 0 Å². The smallest absolute Gasteiger partial charge is 0.188 e. The molecule has 0 aliphatic rings. The van der Waals surface area contributed by atoms with E-state index < -0.39 is 6.10 Å². The fourth-order valence-electron chi connectivity index (χ4n) is 1.29. The van der Waals surface area contributed by atoms with Crippen LogP contribution in [-0.4, -0.2) is 20.3 Å². The van der Waals surface area contributed by atoms with E-state index in [1.54, 1.807) is 13.0 Å². The molecule has 1 atom stereocenters. The molecule has 2 N–H and O–H groups in total. The third-order valence-electron chi connectivity index (χ3n) is 2.02. The lowest BCUT2D eigenvalue weighted by atomic mass is 10.1. The van der Waals surface area contributed by atoms with Crippen LogP contribution >= 0.6 is 11.8 Å². The maximum atomic E-state index is 13.0. The number of halogens is 1. The van der Waals surface area contributed by atoms with Crippen molar-refractivity contribution in [2.45, 2.75) is 23.1 Å².